The van der Waals surface area contributed by atoms with Crippen molar-refractivity contribution in [2.24, 2.45) is 5.92 Å². The van der Waals surface area contributed by atoms with Crippen LogP contribution in [0.5, 0.6) is 0 Å². The molecule has 0 spiro atoms. The highest BCUT2D eigenvalue weighted by Crippen LogP contribution is 2.43. The summed E-state index contributed by atoms with van der Waals surface area (Å²) in [5, 5.41) is 11.2. The normalized spacial score (nSPS) is 29.2. The monoisotopic (exact) mass is 383 g/mol. The molecule has 1 heterocycles. The fraction of sp³-hybridized carbons (Fsp3) is 0.412. The van der Waals surface area contributed by atoms with Crippen molar-refractivity contribution < 1.29 is 13.5 Å². The minimum atomic E-state index is -3.68. The summed E-state index contributed by atoms with van der Waals surface area (Å²) in [5.41, 5.74) is 1.29. The van der Waals surface area contributed by atoms with Gasteiger partial charge in [-0.2, -0.15) is 0 Å². The first kappa shape index (κ1) is 16.5. The Kier molecular flexibility index (Phi) is 4.01. The molecule has 0 aliphatic heterocycles. The molecule has 4 rings (SSSR count). The molecule has 1 fully saturated rings. The van der Waals surface area contributed by atoms with Crippen LogP contribution in [-0.4, -0.2) is 25.2 Å². The molecule has 2 aliphatic carbocycles. The van der Waals surface area contributed by atoms with Crippen LogP contribution in [-0.2, 0) is 22.9 Å². The minimum Gasteiger partial charge on any atom is -0.388 e. The fourth-order valence-electron chi connectivity index (χ4n) is 4.03. The molecule has 2 aliphatic rings. The molecule has 7 heteroatoms. The zero-order chi connectivity index (χ0) is 16.9. The molecule has 3 unspecified atom stereocenters. The number of nitrogens with one attached hydrogen (secondary N) is 1. The number of aliphatic hydroxyl groups is 1. The van der Waals surface area contributed by atoms with Gasteiger partial charge >= 0.3 is 0 Å². The molecule has 2 N–H and O–H groups in total. The van der Waals surface area contributed by atoms with Crippen molar-refractivity contribution in [2.75, 3.05) is 0 Å². The van der Waals surface area contributed by atoms with Gasteiger partial charge in [0.2, 0.25) is 10.0 Å². The Morgan fingerprint density at radius 2 is 1.96 bits per heavy atom. The van der Waals surface area contributed by atoms with E-state index in [-0.39, 0.29) is 10.1 Å². The first-order chi connectivity index (χ1) is 11.4. The molecule has 0 saturated heterocycles. The summed E-state index contributed by atoms with van der Waals surface area (Å²) in [6, 6.07) is 10.7. The van der Waals surface area contributed by atoms with Gasteiger partial charge < -0.3 is 5.11 Å². The second-order valence-electron chi connectivity index (χ2n) is 6.71. The zero-order valence-electron chi connectivity index (χ0n) is 12.9. The van der Waals surface area contributed by atoms with Gasteiger partial charge in [0, 0.05) is 6.42 Å². The predicted octanol–water partition coefficient (Wildman–Crippen LogP) is 2.99. The first-order valence-corrected chi connectivity index (χ1v) is 10.6. The molecule has 2 aromatic rings. The molecule has 3 atom stereocenters. The summed E-state index contributed by atoms with van der Waals surface area (Å²) in [6.45, 7) is 0. The highest BCUT2D eigenvalue weighted by atomic mass is 35.5. The summed E-state index contributed by atoms with van der Waals surface area (Å²) >= 11 is 6.90. The molecule has 24 heavy (non-hydrogen) atoms. The number of hydrogen-bond donors (Lipinski definition) is 2. The van der Waals surface area contributed by atoms with Crippen molar-refractivity contribution in [1.29, 1.82) is 0 Å². The molecule has 1 saturated carbocycles. The molecule has 1 aromatic carbocycles. The second-order valence-corrected chi connectivity index (χ2v) is 10.4. The molecule has 128 valence electrons. The third-order valence-electron chi connectivity index (χ3n) is 5.19. The van der Waals surface area contributed by atoms with Gasteiger partial charge in [0.25, 0.3) is 0 Å². The van der Waals surface area contributed by atoms with Crippen LogP contribution < -0.4 is 4.72 Å². The van der Waals surface area contributed by atoms with Crippen molar-refractivity contribution in [3.05, 3.63) is 51.9 Å². The third kappa shape index (κ3) is 2.80. The quantitative estimate of drug-likeness (QED) is 0.856. The number of rotatable bonds is 3. The fourth-order valence-corrected chi connectivity index (χ4v) is 6.91. The van der Waals surface area contributed by atoms with Crippen molar-refractivity contribution in [3.63, 3.8) is 0 Å². The maximum absolute atomic E-state index is 12.7. The smallest absolute Gasteiger partial charge is 0.250 e. The van der Waals surface area contributed by atoms with Crippen LogP contribution in [0.2, 0.25) is 4.34 Å². The number of benzene rings is 1. The Morgan fingerprint density at radius 1 is 1.21 bits per heavy atom. The van der Waals surface area contributed by atoms with Crippen molar-refractivity contribution >= 4 is 33.0 Å². The van der Waals surface area contributed by atoms with Crippen LogP contribution in [0.4, 0.5) is 0 Å². The number of sulfonamides is 1. The molecule has 2 bridgehead atoms. The van der Waals surface area contributed by atoms with Gasteiger partial charge in [0.1, 0.15) is 4.21 Å². The molecule has 0 radical (unpaired) electrons. The lowest BCUT2D eigenvalue weighted by atomic mass is 9.90. The van der Waals surface area contributed by atoms with Gasteiger partial charge in [-0.25, -0.2) is 13.1 Å². The highest BCUT2D eigenvalue weighted by Gasteiger charge is 2.50. The van der Waals surface area contributed by atoms with E-state index in [2.05, 4.69) is 10.8 Å². The van der Waals surface area contributed by atoms with E-state index in [4.69, 9.17) is 11.6 Å². The van der Waals surface area contributed by atoms with Gasteiger partial charge in [-0.15, -0.1) is 11.3 Å². The maximum atomic E-state index is 12.7. The highest BCUT2D eigenvalue weighted by molar-refractivity contribution is 7.91. The maximum Gasteiger partial charge on any atom is 0.250 e. The lowest BCUT2D eigenvalue weighted by Crippen LogP contribution is -2.52. The summed E-state index contributed by atoms with van der Waals surface area (Å²) in [7, 11) is -3.68. The molecular formula is C17H18ClNO3S2. The third-order valence-corrected chi connectivity index (χ3v) is 8.36. The largest absolute Gasteiger partial charge is 0.388 e. The van der Waals surface area contributed by atoms with Crippen LogP contribution in [0.15, 0.2) is 40.6 Å². The molecule has 1 aromatic heterocycles. The lowest BCUT2D eigenvalue weighted by Gasteiger charge is -2.31. The standard InChI is InChI=1S/C17H18ClNO3S2/c18-14-5-6-15(23-14)24(21,22)19-16-12-7-8-17(16,20)10-13-4-2-1-3-11(13)9-12/h1-6,12,16,19-20H,7-10H2. The van der Waals surface area contributed by atoms with Gasteiger partial charge in [0.05, 0.1) is 16.0 Å². The SMILES string of the molecule is O=S(=O)(NC1C2CCC1(O)Cc1ccccc1C2)c1ccc(Cl)s1. The minimum absolute atomic E-state index is 0.101. The van der Waals surface area contributed by atoms with Crippen LogP contribution >= 0.6 is 22.9 Å². The van der Waals surface area contributed by atoms with Crippen molar-refractivity contribution in [3.8, 4) is 0 Å². The van der Waals surface area contributed by atoms with Gasteiger partial charge in [-0.3, -0.25) is 0 Å². The Bertz CT molecular complexity index is 879. The topological polar surface area (TPSA) is 66.4 Å². The Labute approximate surface area is 150 Å². The summed E-state index contributed by atoms with van der Waals surface area (Å²) in [4.78, 5) is 0. The Balaban J connectivity index is 1.67. The van der Waals surface area contributed by atoms with Gasteiger partial charge in [-0.1, -0.05) is 35.9 Å². The second kappa shape index (κ2) is 5.81. The van der Waals surface area contributed by atoms with E-state index < -0.39 is 21.7 Å². The summed E-state index contributed by atoms with van der Waals surface area (Å²) in [6.07, 6.45) is 2.71. The molecular weight excluding hydrogens is 366 g/mol. The van der Waals surface area contributed by atoms with E-state index in [1.54, 1.807) is 6.07 Å². The Hall–Kier alpha value is -0.920. The molecule has 4 nitrogen and oxygen atoms in total. The zero-order valence-corrected chi connectivity index (χ0v) is 15.3. The van der Waals surface area contributed by atoms with Crippen LogP contribution in [0.3, 0.4) is 0 Å². The molecule has 0 amide bonds. The van der Waals surface area contributed by atoms with E-state index in [0.29, 0.717) is 17.2 Å². The number of fused-ring (bicyclic) bond motifs is 3. The number of thiophene rings is 1. The average Bonchev–Trinajstić information content (AvgIpc) is 3.04. The predicted molar refractivity (Wildman–Crippen MR) is 95.0 cm³/mol. The number of hydrogen-bond acceptors (Lipinski definition) is 4. The van der Waals surface area contributed by atoms with Crippen LogP contribution in [0, 0.1) is 5.92 Å². The van der Waals surface area contributed by atoms with Crippen LogP contribution in [0.25, 0.3) is 0 Å². The summed E-state index contributed by atoms with van der Waals surface area (Å²) < 4.78 is 28.8. The van der Waals surface area contributed by atoms with E-state index in [1.807, 2.05) is 18.2 Å². The van der Waals surface area contributed by atoms with Crippen molar-refractivity contribution in [1.82, 2.24) is 4.72 Å². The Morgan fingerprint density at radius 3 is 2.67 bits per heavy atom. The van der Waals surface area contributed by atoms with E-state index in [1.165, 1.54) is 11.6 Å². The van der Waals surface area contributed by atoms with Crippen LogP contribution in [0.1, 0.15) is 24.0 Å². The summed E-state index contributed by atoms with van der Waals surface area (Å²) in [5.74, 6) is 0.101. The van der Waals surface area contributed by atoms with Crippen molar-refractivity contribution in [2.45, 2.75) is 41.5 Å². The lowest BCUT2D eigenvalue weighted by molar-refractivity contribution is 0.0232. The van der Waals surface area contributed by atoms with Gasteiger partial charge in [0.15, 0.2) is 0 Å². The number of halogens is 1. The van der Waals surface area contributed by atoms with E-state index in [0.717, 1.165) is 29.7 Å². The first-order valence-electron chi connectivity index (χ1n) is 7.94. The van der Waals surface area contributed by atoms with E-state index >= 15 is 0 Å². The van der Waals surface area contributed by atoms with Gasteiger partial charge in [-0.05, 0) is 48.4 Å². The average molecular weight is 384 g/mol. The van der Waals surface area contributed by atoms with E-state index in [9.17, 15) is 13.5 Å².